The fraction of sp³-hybridized carbons (Fsp3) is 0. The summed E-state index contributed by atoms with van der Waals surface area (Å²) in [6.45, 7) is 0. The zero-order chi connectivity index (χ0) is 57.5. The molecule has 0 fully saturated rings. The van der Waals surface area contributed by atoms with Gasteiger partial charge in [-0.1, -0.05) is 163 Å². The number of hydrogen-bond donors (Lipinski definition) is 0. The molecule has 0 aliphatic carbocycles. The topological polar surface area (TPSA) is 51.8 Å². The third-order valence-electron chi connectivity index (χ3n) is 10.3. The van der Waals surface area contributed by atoms with Crippen molar-refractivity contribution in [2.45, 2.75) is 0 Å². The second kappa shape index (κ2) is 14.9. The van der Waals surface area contributed by atoms with E-state index in [1.54, 1.807) is 6.07 Å². The van der Waals surface area contributed by atoms with Crippen molar-refractivity contribution in [1.82, 2.24) is 15.0 Å². The second-order valence-electron chi connectivity index (χ2n) is 14.0. The van der Waals surface area contributed by atoms with Crippen LogP contribution in [0.4, 0.5) is 0 Å². The molecular weight excluding hydrogens is 775 g/mol. The predicted molar refractivity (Wildman–Crippen MR) is 258 cm³/mol. The third-order valence-corrected chi connectivity index (χ3v) is 11.3. The van der Waals surface area contributed by atoms with Gasteiger partial charge >= 0.3 is 0 Å². The Kier molecular flexibility index (Phi) is 5.18. The first-order chi connectivity index (χ1) is 38.6. The fourth-order valence-corrected chi connectivity index (χ4v) is 8.33. The molecule has 9 aromatic carbocycles. The molecule has 12 rings (SSSR count). The first-order valence-electron chi connectivity index (χ1n) is 28.7. The molecule has 5 heteroatoms. The number of furan rings is 1. The summed E-state index contributed by atoms with van der Waals surface area (Å²) < 4.78 is 179. The number of aromatic nitrogens is 3. The van der Waals surface area contributed by atoms with E-state index in [4.69, 9.17) is 33.1 Å². The summed E-state index contributed by atoms with van der Waals surface area (Å²) in [5.74, 6) is 0.143. The van der Waals surface area contributed by atoms with E-state index in [1.807, 2.05) is 91.0 Å². The molecule has 0 aliphatic rings. The highest BCUT2D eigenvalue weighted by atomic mass is 32.1. The van der Waals surface area contributed by atoms with Gasteiger partial charge in [0.25, 0.3) is 0 Å². The second-order valence-corrected chi connectivity index (χ2v) is 15.1. The first kappa shape index (κ1) is 21.5. The van der Waals surface area contributed by atoms with Crippen LogP contribution in [0.15, 0.2) is 216 Å². The van der Waals surface area contributed by atoms with Crippen molar-refractivity contribution >= 4 is 53.4 Å². The molecule has 4 nitrogen and oxygen atoms in total. The Labute approximate surface area is 388 Å². The van der Waals surface area contributed by atoms with Crippen LogP contribution >= 0.6 is 11.3 Å². The van der Waals surface area contributed by atoms with Crippen LogP contribution in [0.1, 0.15) is 26.0 Å². The van der Waals surface area contributed by atoms with Crippen LogP contribution in [-0.2, 0) is 0 Å². The Morgan fingerprint density at radius 3 is 1.69 bits per heavy atom. The van der Waals surface area contributed by atoms with Gasteiger partial charge in [0.2, 0.25) is 0 Å². The Morgan fingerprint density at radius 2 is 0.952 bits per heavy atom. The Hall–Kier alpha value is -7.99. The van der Waals surface area contributed by atoms with Crippen LogP contribution in [-0.4, -0.2) is 15.0 Å². The minimum Gasteiger partial charge on any atom is -0.456 e. The predicted octanol–water partition coefficient (Wildman–Crippen LogP) is 15.8. The standard InChI is InChI=1S/C57H35N3OS/c1-4-13-36(14-5-1)39-23-25-40(26-24-39)55-58-56(60-57(59-55)48-20-12-22-51-54(48)47-19-10-11-21-50(47)61-51)42-27-29-46-49-34-41(28-30-52(49)62-53(46)35-42)45-32-43(37-15-6-2-7-16-37)31-44(33-45)38-17-8-3-9-18-38/h1-35H/i2D,3D,6D,7D,8D,9D,15D,16D,17D,18D,27D,28D,29D,30D,31D,32D,33D,34D,35D. The number of nitrogens with zero attached hydrogens (tertiary/aromatic N) is 3. The van der Waals surface area contributed by atoms with Crippen molar-refractivity contribution in [3.05, 3.63) is 212 Å². The lowest BCUT2D eigenvalue weighted by Crippen LogP contribution is -2.00. The summed E-state index contributed by atoms with van der Waals surface area (Å²) in [6, 6.07) is 14.8. The Morgan fingerprint density at radius 1 is 0.355 bits per heavy atom. The molecule has 0 saturated heterocycles. The van der Waals surface area contributed by atoms with Gasteiger partial charge in [0.1, 0.15) is 11.2 Å². The molecule has 0 amide bonds. The molecule has 12 aromatic rings. The zero-order valence-corrected chi connectivity index (χ0v) is 32.7. The molecule has 62 heavy (non-hydrogen) atoms. The monoisotopic (exact) mass is 828 g/mol. The van der Waals surface area contributed by atoms with Gasteiger partial charge in [0.15, 0.2) is 17.5 Å². The number of benzene rings is 9. The number of fused-ring (bicyclic) bond motifs is 6. The minimum absolute atomic E-state index is 0.0310. The third kappa shape index (κ3) is 6.44. The normalized spacial score (nSPS) is 15.8. The van der Waals surface area contributed by atoms with Crippen LogP contribution in [0, 0.1) is 0 Å². The lowest BCUT2D eigenvalue weighted by Gasteiger charge is -2.11. The average Bonchev–Trinajstić information content (AvgIpc) is 3.52. The smallest absolute Gasteiger partial charge is 0.164 e. The van der Waals surface area contributed by atoms with E-state index in [9.17, 15) is 12.3 Å². The van der Waals surface area contributed by atoms with Gasteiger partial charge in [0, 0.05) is 47.6 Å². The van der Waals surface area contributed by atoms with E-state index in [-0.39, 0.29) is 49.3 Å². The van der Waals surface area contributed by atoms with Crippen molar-refractivity contribution in [2.75, 3.05) is 0 Å². The highest BCUT2D eigenvalue weighted by molar-refractivity contribution is 7.25. The van der Waals surface area contributed by atoms with E-state index < -0.39 is 142 Å². The Bertz CT molecular complexity index is 4600. The maximum atomic E-state index is 9.88. The van der Waals surface area contributed by atoms with Gasteiger partial charge in [0.05, 0.1) is 26.0 Å². The Balaban J connectivity index is 1.13. The number of thiophene rings is 1. The van der Waals surface area contributed by atoms with Gasteiger partial charge in [-0.05, 0) is 92.9 Å². The molecule has 0 atom stereocenters. The van der Waals surface area contributed by atoms with Gasteiger partial charge in [-0.3, -0.25) is 0 Å². The maximum Gasteiger partial charge on any atom is 0.164 e. The molecule has 0 spiro atoms. The number of hydrogen-bond acceptors (Lipinski definition) is 5. The van der Waals surface area contributed by atoms with E-state index in [0.717, 1.165) is 27.8 Å². The highest BCUT2D eigenvalue weighted by Crippen LogP contribution is 2.41. The largest absolute Gasteiger partial charge is 0.456 e. The average molecular weight is 829 g/mol. The zero-order valence-electron chi connectivity index (χ0n) is 50.9. The van der Waals surface area contributed by atoms with Crippen molar-refractivity contribution < 1.29 is 30.5 Å². The lowest BCUT2D eigenvalue weighted by molar-refractivity contribution is 0.669. The van der Waals surface area contributed by atoms with E-state index in [0.29, 0.717) is 27.7 Å². The molecule has 0 aliphatic heterocycles. The highest BCUT2D eigenvalue weighted by Gasteiger charge is 2.19. The molecular formula is C57H35N3OS. The first-order valence-corrected chi connectivity index (χ1v) is 20.0. The molecule has 0 N–H and O–H groups in total. The van der Waals surface area contributed by atoms with Gasteiger partial charge in [-0.25, -0.2) is 15.0 Å². The number of rotatable bonds is 7. The minimum atomic E-state index is -0.945. The van der Waals surface area contributed by atoms with Gasteiger partial charge < -0.3 is 4.42 Å². The number of para-hydroxylation sites is 1. The summed E-state index contributed by atoms with van der Waals surface area (Å²) >= 11 is 0.768. The van der Waals surface area contributed by atoms with E-state index in [1.165, 1.54) is 0 Å². The van der Waals surface area contributed by atoms with E-state index >= 15 is 0 Å². The van der Waals surface area contributed by atoms with Crippen LogP contribution in [0.5, 0.6) is 0 Å². The molecule has 0 bridgehead atoms. The van der Waals surface area contributed by atoms with Crippen LogP contribution < -0.4 is 0 Å². The maximum absolute atomic E-state index is 9.88. The van der Waals surface area contributed by atoms with Crippen molar-refractivity contribution in [3.63, 3.8) is 0 Å². The SMILES string of the molecule is [2H]c1c([2H])c([2H])c(-c2c([2H])c(-c3c([2H])c([2H])c([2H])c([2H])c3[2H])c([2H])c(-c3c([2H])c([2H])c4sc5c([2H])c(-c6nc(-c7ccc(-c8ccccc8)cc7)nc(-c7cccc8oc9ccccc9c78)n6)c([2H])c([2H])c5c4c3[2H])c2[2H])c([2H])c1[2H]. The summed E-state index contributed by atoms with van der Waals surface area (Å²) in [4.78, 5) is 14.7. The van der Waals surface area contributed by atoms with Crippen LogP contribution in [0.25, 0.3) is 121 Å². The molecule has 0 radical (unpaired) electrons. The van der Waals surface area contributed by atoms with Gasteiger partial charge in [-0.15, -0.1) is 11.3 Å². The molecule has 3 aromatic heterocycles. The van der Waals surface area contributed by atoms with Crippen molar-refractivity contribution in [1.29, 1.82) is 0 Å². The van der Waals surface area contributed by atoms with Crippen molar-refractivity contribution in [3.8, 4) is 78.7 Å². The molecule has 0 unspecified atom stereocenters. The van der Waals surface area contributed by atoms with E-state index in [2.05, 4.69) is 0 Å². The lowest BCUT2D eigenvalue weighted by atomic mass is 9.93. The molecule has 290 valence electrons. The van der Waals surface area contributed by atoms with Crippen LogP contribution in [0.3, 0.4) is 0 Å². The fourth-order valence-electron chi connectivity index (χ4n) is 7.36. The van der Waals surface area contributed by atoms with Crippen molar-refractivity contribution in [2.24, 2.45) is 0 Å². The summed E-state index contributed by atoms with van der Waals surface area (Å²) in [5.41, 5.74) is -0.523. The van der Waals surface area contributed by atoms with Gasteiger partial charge in [-0.2, -0.15) is 0 Å². The molecule has 3 heterocycles. The van der Waals surface area contributed by atoms with Crippen LogP contribution in [0.2, 0.25) is 0 Å². The quantitative estimate of drug-likeness (QED) is 0.161. The summed E-state index contributed by atoms with van der Waals surface area (Å²) in [6.07, 6.45) is 0. The summed E-state index contributed by atoms with van der Waals surface area (Å²) in [5, 5.41) is 1.02. The molecule has 0 saturated carbocycles. The summed E-state index contributed by atoms with van der Waals surface area (Å²) in [7, 11) is 0.